The molecule has 13 heteroatoms. The van der Waals surface area contributed by atoms with Gasteiger partial charge in [0.05, 0.1) is 6.04 Å². The van der Waals surface area contributed by atoms with Gasteiger partial charge in [-0.15, -0.1) is 0 Å². The molecule has 2 aromatic carbocycles. The molecular formula is C28H32N2O11. The summed E-state index contributed by atoms with van der Waals surface area (Å²) in [4.78, 5) is 51.2. The Morgan fingerprint density at radius 3 is 2.34 bits per heavy atom. The van der Waals surface area contributed by atoms with Gasteiger partial charge in [0, 0.05) is 5.69 Å². The Hall–Kier alpha value is -3.88. The molecule has 4 rings (SSSR count). The lowest BCUT2D eigenvalue weighted by Gasteiger charge is -2.38. The van der Waals surface area contributed by atoms with E-state index >= 15 is 0 Å². The number of rotatable bonds is 10. The Bertz CT molecular complexity index is 1260. The molecule has 0 unspecified atom stereocenters. The van der Waals surface area contributed by atoms with E-state index in [2.05, 4.69) is 5.32 Å². The summed E-state index contributed by atoms with van der Waals surface area (Å²) < 4.78 is 10.1. The van der Waals surface area contributed by atoms with Crippen LogP contribution in [0.15, 0.2) is 54.6 Å². The molecule has 0 bridgehead atoms. The van der Waals surface area contributed by atoms with Gasteiger partial charge in [0.25, 0.3) is 0 Å². The number of aliphatic hydroxyl groups excluding tert-OH is 3. The number of amides is 1. The first-order valence-electron chi connectivity index (χ1n) is 13.1. The summed E-state index contributed by atoms with van der Waals surface area (Å²) >= 11 is 0. The van der Waals surface area contributed by atoms with Crippen molar-refractivity contribution in [2.75, 3.05) is 11.4 Å². The smallest absolute Gasteiger partial charge is 0.335 e. The topological polar surface area (TPSA) is 203 Å². The van der Waals surface area contributed by atoms with Crippen molar-refractivity contribution in [2.24, 2.45) is 0 Å². The predicted octanol–water partition coefficient (Wildman–Crippen LogP) is -0.555. The summed E-state index contributed by atoms with van der Waals surface area (Å²) in [7, 11) is 0. The number of aliphatic hydroxyl groups is 3. The number of aryl methyl sites for hydroxylation is 2. The number of carbonyl (C=O) groups is 4. The number of carboxylic acid groups (broad SMARTS) is 2. The van der Waals surface area contributed by atoms with Gasteiger partial charge in [0.2, 0.25) is 12.2 Å². The third-order valence-electron chi connectivity index (χ3n) is 7.16. The largest absolute Gasteiger partial charge is 0.480 e. The lowest BCUT2D eigenvalue weighted by molar-refractivity contribution is -0.285. The molecule has 2 aliphatic heterocycles. The number of carboxylic acids is 2. The zero-order chi connectivity index (χ0) is 29.7. The minimum absolute atomic E-state index is 0.216. The fraction of sp³-hybridized carbons (Fsp3) is 0.429. The fourth-order valence-electron chi connectivity index (χ4n) is 4.96. The molecule has 0 aliphatic carbocycles. The van der Waals surface area contributed by atoms with E-state index in [0.29, 0.717) is 18.5 Å². The van der Waals surface area contributed by atoms with Crippen LogP contribution in [0.4, 0.5) is 5.69 Å². The summed E-state index contributed by atoms with van der Waals surface area (Å²) in [6, 6.07) is 14.1. The number of esters is 1. The standard InChI is InChI=1S/C28H32N2O11/c31-20(40-28-23(34)21(32)22(33)24(41-28)27(38)39)14-30-19-9-5-4-8-16(19)11-13-17(25(30)35)29-18(26(36)37)12-10-15-6-2-1-3-7-15/h1-9,17-18,21-24,28-29,32-34H,10-14H2,(H,36,37)(H,38,39)/t17-,18-,21-,22-,23+,24-,28+/m0/s1. The van der Waals surface area contributed by atoms with E-state index in [1.165, 1.54) is 0 Å². The van der Waals surface area contributed by atoms with E-state index in [9.17, 15) is 44.7 Å². The van der Waals surface area contributed by atoms with E-state index in [-0.39, 0.29) is 12.8 Å². The number of nitrogens with zero attached hydrogens (tertiary/aromatic N) is 1. The van der Waals surface area contributed by atoms with E-state index in [0.717, 1.165) is 16.0 Å². The van der Waals surface area contributed by atoms with Crippen LogP contribution < -0.4 is 10.2 Å². The van der Waals surface area contributed by atoms with Gasteiger partial charge in [-0.3, -0.25) is 24.6 Å². The monoisotopic (exact) mass is 572 g/mol. The van der Waals surface area contributed by atoms with Crippen LogP contribution in [0.2, 0.25) is 0 Å². The molecule has 2 aromatic rings. The Morgan fingerprint density at radius 2 is 1.66 bits per heavy atom. The number of para-hydroxylation sites is 1. The van der Waals surface area contributed by atoms with E-state index in [4.69, 9.17) is 9.47 Å². The number of aliphatic carboxylic acids is 2. The van der Waals surface area contributed by atoms with Crippen molar-refractivity contribution in [1.29, 1.82) is 0 Å². The maximum atomic E-state index is 13.7. The van der Waals surface area contributed by atoms with E-state index in [1.807, 2.05) is 30.3 Å². The van der Waals surface area contributed by atoms with Crippen molar-refractivity contribution in [3.63, 3.8) is 0 Å². The average molecular weight is 573 g/mol. The van der Waals surface area contributed by atoms with Gasteiger partial charge in [0.1, 0.15) is 30.9 Å². The zero-order valence-corrected chi connectivity index (χ0v) is 21.9. The first-order chi connectivity index (χ1) is 19.6. The first kappa shape index (κ1) is 30.1. The first-order valence-corrected chi connectivity index (χ1v) is 13.1. The van der Waals surface area contributed by atoms with Crippen molar-refractivity contribution in [3.05, 3.63) is 65.7 Å². The minimum Gasteiger partial charge on any atom is -0.480 e. The minimum atomic E-state index is -1.97. The molecule has 1 amide bonds. The second kappa shape index (κ2) is 13.2. The summed E-state index contributed by atoms with van der Waals surface area (Å²) in [5.74, 6) is -4.44. The maximum absolute atomic E-state index is 13.7. The highest BCUT2D eigenvalue weighted by Crippen LogP contribution is 2.28. The highest BCUT2D eigenvalue weighted by Gasteiger charge is 2.49. The molecule has 2 heterocycles. The highest BCUT2D eigenvalue weighted by molar-refractivity contribution is 6.02. The molecule has 7 atom stereocenters. The predicted molar refractivity (Wildman–Crippen MR) is 141 cm³/mol. The molecular weight excluding hydrogens is 540 g/mol. The lowest BCUT2D eigenvalue weighted by atomic mass is 9.99. The average Bonchev–Trinajstić information content (AvgIpc) is 3.08. The maximum Gasteiger partial charge on any atom is 0.335 e. The van der Waals surface area contributed by atoms with Gasteiger partial charge in [-0.1, -0.05) is 48.5 Å². The molecule has 13 nitrogen and oxygen atoms in total. The second-order valence-corrected chi connectivity index (χ2v) is 9.95. The SMILES string of the molecule is O=C(CN1C(=O)[C@@H](N[C@@H](CCc2ccccc2)C(=O)O)CCc2ccccc21)O[C@@H]1O[C@H](C(=O)O)[C@@H](O)[C@H](O)[C@H]1O. The summed E-state index contributed by atoms with van der Waals surface area (Å²) in [5, 5.41) is 52.1. The molecule has 41 heavy (non-hydrogen) atoms. The van der Waals surface area contributed by atoms with Crippen LogP contribution in [0, 0.1) is 0 Å². The van der Waals surface area contributed by atoms with Crippen LogP contribution in [-0.4, -0.2) is 98.7 Å². The number of carbonyl (C=O) groups excluding carboxylic acids is 2. The molecule has 0 aromatic heterocycles. The van der Waals surface area contributed by atoms with Crippen LogP contribution in [-0.2, 0) is 41.5 Å². The molecule has 2 aliphatic rings. The van der Waals surface area contributed by atoms with Crippen molar-refractivity contribution in [3.8, 4) is 0 Å². The number of ether oxygens (including phenoxy) is 2. The van der Waals surface area contributed by atoms with Crippen LogP contribution >= 0.6 is 0 Å². The summed E-state index contributed by atoms with van der Waals surface area (Å²) in [5.41, 5.74) is 2.07. The summed E-state index contributed by atoms with van der Waals surface area (Å²) in [6.07, 6.45) is -8.44. The van der Waals surface area contributed by atoms with Gasteiger partial charge in [-0.2, -0.15) is 0 Å². The summed E-state index contributed by atoms with van der Waals surface area (Å²) in [6.45, 7) is -0.682. The zero-order valence-electron chi connectivity index (χ0n) is 21.9. The van der Waals surface area contributed by atoms with Crippen LogP contribution in [0.25, 0.3) is 0 Å². The van der Waals surface area contributed by atoms with Crippen molar-refractivity contribution in [2.45, 2.75) is 68.5 Å². The van der Waals surface area contributed by atoms with Gasteiger partial charge in [-0.25, -0.2) is 4.79 Å². The Labute approximate surface area is 234 Å². The number of nitrogens with one attached hydrogen (secondary N) is 1. The molecule has 220 valence electrons. The van der Waals surface area contributed by atoms with Crippen LogP contribution in [0.5, 0.6) is 0 Å². The lowest BCUT2D eigenvalue weighted by Crippen LogP contribution is -2.61. The Morgan fingerprint density at radius 1 is 0.976 bits per heavy atom. The fourth-order valence-corrected chi connectivity index (χ4v) is 4.96. The van der Waals surface area contributed by atoms with Crippen molar-refractivity contribution >= 4 is 29.5 Å². The van der Waals surface area contributed by atoms with Crippen LogP contribution in [0.1, 0.15) is 24.0 Å². The van der Waals surface area contributed by atoms with Gasteiger partial charge >= 0.3 is 17.9 Å². The highest BCUT2D eigenvalue weighted by atomic mass is 16.7. The van der Waals surface area contributed by atoms with Gasteiger partial charge in [0.15, 0.2) is 6.10 Å². The van der Waals surface area contributed by atoms with E-state index in [1.54, 1.807) is 24.3 Å². The number of fused-ring (bicyclic) bond motifs is 1. The molecule has 1 fully saturated rings. The number of benzene rings is 2. The Balaban J connectivity index is 1.50. The van der Waals surface area contributed by atoms with Gasteiger partial charge in [-0.05, 0) is 42.9 Å². The molecule has 0 saturated carbocycles. The Kier molecular flexibility index (Phi) is 9.68. The molecule has 6 N–H and O–H groups in total. The van der Waals surface area contributed by atoms with Crippen LogP contribution in [0.3, 0.4) is 0 Å². The molecule has 0 radical (unpaired) electrons. The van der Waals surface area contributed by atoms with Crippen molar-refractivity contribution < 1.29 is 54.2 Å². The van der Waals surface area contributed by atoms with E-state index < -0.39 is 73.1 Å². The molecule has 1 saturated heterocycles. The third kappa shape index (κ3) is 7.07. The van der Waals surface area contributed by atoms with Crippen molar-refractivity contribution in [1.82, 2.24) is 5.32 Å². The molecule has 0 spiro atoms. The number of hydrogen-bond acceptors (Lipinski definition) is 10. The third-order valence-corrected chi connectivity index (χ3v) is 7.16. The second-order valence-electron chi connectivity index (χ2n) is 9.95. The van der Waals surface area contributed by atoms with Gasteiger partial charge < -0.3 is 35.0 Å². The quantitative estimate of drug-likeness (QED) is 0.199. The number of hydrogen-bond donors (Lipinski definition) is 6. The number of anilines is 1. The normalized spacial score (nSPS) is 26.9.